The van der Waals surface area contributed by atoms with E-state index in [1.54, 1.807) is 25.4 Å². The Kier molecular flexibility index (Phi) is 3.60. The molecule has 3 rings (SSSR count). The van der Waals surface area contributed by atoms with Gasteiger partial charge in [-0.3, -0.25) is 0 Å². The summed E-state index contributed by atoms with van der Waals surface area (Å²) in [5.41, 5.74) is 6.52. The lowest BCUT2D eigenvalue weighted by atomic mass is 10.4. The Morgan fingerprint density at radius 2 is 2.29 bits per heavy atom. The van der Waals surface area contributed by atoms with Crippen LogP contribution in [0.5, 0.6) is 0 Å². The predicted molar refractivity (Wildman–Crippen MR) is 75.9 cm³/mol. The average molecular weight is 310 g/mol. The number of nitrogens with zero attached hydrogens (tertiary/aromatic N) is 2. The minimum absolute atomic E-state index is 0.0305. The van der Waals surface area contributed by atoms with Crippen molar-refractivity contribution >= 4 is 10.0 Å². The standard InChI is InChI=1S/C13H18N4O3S/c1-9-6-15-13(20-9)7-16-21(18,19)12-4-11(5-14)17(8-12)10-2-3-10/h4,6,8,10,16H,2-3,5,7,14H2,1H3. The molecule has 0 aliphatic heterocycles. The van der Waals surface area contributed by atoms with Crippen LogP contribution in [-0.4, -0.2) is 18.0 Å². The second kappa shape index (κ2) is 5.28. The molecule has 0 spiro atoms. The van der Waals surface area contributed by atoms with Crippen molar-refractivity contribution in [3.05, 3.63) is 35.8 Å². The number of rotatable bonds is 6. The first-order valence-corrected chi connectivity index (χ1v) is 8.29. The zero-order chi connectivity index (χ0) is 15.0. The number of oxazole rings is 1. The molecule has 1 aliphatic rings. The quantitative estimate of drug-likeness (QED) is 0.830. The minimum Gasteiger partial charge on any atom is -0.445 e. The monoisotopic (exact) mass is 310 g/mol. The van der Waals surface area contributed by atoms with E-state index in [2.05, 4.69) is 9.71 Å². The largest absolute Gasteiger partial charge is 0.445 e. The summed E-state index contributed by atoms with van der Waals surface area (Å²) in [6.45, 7) is 2.11. The highest BCUT2D eigenvalue weighted by Crippen LogP contribution is 2.37. The zero-order valence-corrected chi connectivity index (χ0v) is 12.6. The third-order valence-corrected chi connectivity index (χ3v) is 4.82. The SMILES string of the molecule is Cc1cnc(CNS(=O)(=O)c2cc(CN)n(C3CC3)c2)o1. The van der Waals surface area contributed by atoms with E-state index in [9.17, 15) is 8.42 Å². The molecule has 2 aromatic heterocycles. The maximum atomic E-state index is 12.3. The number of sulfonamides is 1. The molecule has 0 atom stereocenters. The fourth-order valence-electron chi connectivity index (χ4n) is 2.22. The summed E-state index contributed by atoms with van der Waals surface area (Å²) < 4.78 is 34.3. The fourth-order valence-corrected chi connectivity index (χ4v) is 3.25. The van der Waals surface area contributed by atoms with Crippen LogP contribution >= 0.6 is 0 Å². The van der Waals surface area contributed by atoms with Crippen molar-refractivity contribution < 1.29 is 12.8 Å². The van der Waals surface area contributed by atoms with Crippen molar-refractivity contribution in [1.82, 2.24) is 14.3 Å². The summed E-state index contributed by atoms with van der Waals surface area (Å²) in [4.78, 5) is 4.21. The summed E-state index contributed by atoms with van der Waals surface area (Å²) in [6, 6.07) is 2.02. The van der Waals surface area contributed by atoms with Crippen LogP contribution in [0.1, 0.15) is 36.2 Å². The highest BCUT2D eigenvalue weighted by atomic mass is 32.2. The molecule has 8 heteroatoms. The Morgan fingerprint density at radius 3 is 2.86 bits per heavy atom. The molecule has 1 aliphatic carbocycles. The van der Waals surface area contributed by atoms with E-state index < -0.39 is 10.0 Å². The second-order valence-electron chi connectivity index (χ2n) is 5.20. The van der Waals surface area contributed by atoms with E-state index in [0.717, 1.165) is 18.5 Å². The summed E-state index contributed by atoms with van der Waals surface area (Å²) in [5, 5.41) is 0. The molecule has 3 N–H and O–H groups in total. The van der Waals surface area contributed by atoms with E-state index >= 15 is 0 Å². The number of hydrogen-bond acceptors (Lipinski definition) is 5. The molecule has 7 nitrogen and oxygen atoms in total. The average Bonchev–Trinajstić information content (AvgIpc) is 3.05. The van der Waals surface area contributed by atoms with E-state index in [4.69, 9.17) is 10.2 Å². The Hall–Kier alpha value is -1.64. The van der Waals surface area contributed by atoms with Crippen LogP contribution in [0.2, 0.25) is 0 Å². The maximum Gasteiger partial charge on any atom is 0.242 e. The Morgan fingerprint density at radius 1 is 1.52 bits per heavy atom. The van der Waals surface area contributed by atoms with Gasteiger partial charge in [0.05, 0.1) is 17.6 Å². The molecule has 0 amide bonds. The van der Waals surface area contributed by atoms with Gasteiger partial charge in [-0.05, 0) is 25.8 Å². The first kappa shape index (κ1) is 14.3. The first-order chi connectivity index (χ1) is 9.99. The van der Waals surface area contributed by atoms with E-state index in [-0.39, 0.29) is 11.4 Å². The van der Waals surface area contributed by atoms with Crippen molar-refractivity contribution in [3.8, 4) is 0 Å². The van der Waals surface area contributed by atoms with Crippen LogP contribution in [0.3, 0.4) is 0 Å². The summed E-state index contributed by atoms with van der Waals surface area (Å²) >= 11 is 0. The topological polar surface area (TPSA) is 103 Å². The molecule has 1 fully saturated rings. The third kappa shape index (κ3) is 3.02. The number of aryl methyl sites for hydroxylation is 1. The van der Waals surface area contributed by atoms with Gasteiger partial charge in [0.25, 0.3) is 0 Å². The predicted octanol–water partition coefficient (Wildman–Crippen LogP) is 1.06. The molecule has 0 aromatic carbocycles. The van der Waals surface area contributed by atoms with Crippen LogP contribution in [0.4, 0.5) is 0 Å². The van der Waals surface area contributed by atoms with Crippen molar-refractivity contribution in [2.75, 3.05) is 0 Å². The second-order valence-corrected chi connectivity index (χ2v) is 6.97. The lowest BCUT2D eigenvalue weighted by Crippen LogP contribution is -2.23. The van der Waals surface area contributed by atoms with Crippen LogP contribution in [0.15, 0.2) is 27.8 Å². The van der Waals surface area contributed by atoms with E-state index in [1.807, 2.05) is 4.57 Å². The van der Waals surface area contributed by atoms with Crippen LogP contribution in [-0.2, 0) is 23.1 Å². The Bertz CT molecular complexity index is 743. The first-order valence-electron chi connectivity index (χ1n) is 6.81. The van der Waals surface area contributed by atoms with Gasteiger partial charge in [0.1, 0.15) is 5.76 Å². The number of aromatic nitrogens is 2. The fraction of sp³-hybridized carbons (Fsp3) is 0.462. The van der Waals surface area contributed by atoms with Crippen LogP contribution in [0, 0.1) is 6.92 Å². The third-order valence-electron chi connectivity index (χ3n) is 3.45. The molecular formula is C13H18N4O3S. The lowest BCUT2D eigenvalue weighted by Gasteiger charge is -2.04. The summed E-state index contributed by atoms with van der Waals surface area (Å²) in [7, 11) is -3.59. The van der Waals surface area contributed by atoms with Crippen LogP contribution in [0.25, 0.3) is 0 Å². The van der Waals surface area contributed by atoms with Crippen molar-refractivity contribution in [1.29, 1.82) is 0 Å². The molecule has 0 radical (unpaired) electrons. The van der Waals surface area contributed by atoms with Crippen molar-refractivity contribution in [2.45, 2.75) is 43.8 Å². The normalized spacial score (nSPS) is 15.5. The number of hydrogen-bond donors (Lipinski definition) is 2. The molecule has 2 aromatic rings. The Labute approximate surface area is 123 Å². The van der Waals surface area contributed by atoms with Gasteiger partial charge >= 0.3 is 0 Å². The maximum absolute atomic E-state index is 12.3. The van der Waals surface area contributed by atoms with Crippen LogP contribution < -0.4 is 10.5 Å². The van der Waals surface area contributed by atoms with E-state index in [1.165, 1.54) is 0 Å². The lowest BCUT2D eigenvalue weighted by molar-refractivity contribution is 0.463. The molecule has 1 saturated carbocycles. The number of nitrogens with two attached hydrogens (primary N) is 1. The minimum atomic E-state index is -3.59. The van der Waals surface area contributed by atoms with E-state index in [0.29, 0.717) is 24.2 Å². The summed E-state index contributed by atoms with van der Waals surface area (Å²) in [6.07, 6.45) is 5.36. The molecule has 114 valence electrons. The number of nitrogens with one attached hydrogen (secondary N) is 1. The molecule has 21 heavy (non-hydrogen) atoms. The van der Waals surface area contributed by atoms with Crippen molar-refractivity contribution in [3.63, 3.8) is 0 Å². The highest BCUT2D eigenvalue weighted by Gasteiger charge is 2.27. The highest BCUT2D eigenvalue weighted by molar-refractivity contribution is 7.89. The molecule has 2 heterocycles. The van der Waals surface area contributed by atoms with Gasteiger partial charge in [-0.15, -0.1) is 0 Å². The van der Waals surface area contributed by atoms with Gasteiger partial charge in [0.15, 0.2) is 0 Å². The zero-order valence-electron chi connectivity index (χ0n) is 11.7. The molecule has 0 unspecified atom stereocenters. The van der Waals surface area contributed by atoms with Gasteiger partial charge in [-0.25, -0.2) is 18.1 Å². The van der Waals surface area contributed by atoms with Crippen molar-refractivity contribution in [2.24, 2.45) is 5.73 Å². The Balaban J connectivity index is 1.77. The van der Waals surface area contributed by atoms with Gasteiger partial charge in [-0.2, -0.15) is 0 Å². The smallest absolute Gasteiger partial charge is 0.242 e. The van der Waals surface area contributed by atoms with Gasteiger partial charge in [0.2, 0.25) is 15.9 Å². The molecular weight excluding hydrogens is 292 g/mol. The van der Waals surface area contributed by atoms with Gasteiger partial charge in [-0.1, -0.05) is 0 Å². The van der Waals surface area contributed by atoms with Gasteiger partial charge < -0.3 is 14.7 Å². The van der Waals surface area contributed by atoms with Gasteiger partial charge in [0, 0.05) is 24.5 Å². The summed E-state index contributed by atoms with van der Waals surface area (Å²) in [5.74, 6) is 0.992. The molecule has 0 saturated heterocycles. The molecule has 0 bridgehead atoms.